The van der Waals surface area contributed by atoms with E-state index in [4.69, 9.17) is 5.26 Å². The minimum atomic E-state index is 0.659. The van der Waals surface area contributed by atoms with Gasteiger partial charge in [-0.3, -0.25) is 0 Å². The molecule has 0 aliphatic rings. The quantitative estimate of drug-likeness (QED) is 0.646. The van der Waals surface area contributed by atoms with Crippen molar-refractivity contribution in [3.8, 4) is 6.07 Å². The van der Waals surface area contributed by atoms with Crippen LogP contribution in [0.1, 0.15) is 46.1 Å². The summed E-state index contributed by atoms with van der Waals surface area (Å²) in [6.45, 7) is 9.84. The van der Waals surface area contributed by atoms with Crippen LogP contribution in [0.25, 0.3) is 0 Å². The Kier molecular flexibility index (Phi) is 12.7. The van der Waals surface area contributed by atoms with Crippen LogP contribution in [-0.2, 0) is 0 Å². The van der Waals surface area contributed by atoms with Crippen LogP contribution < -0.4 is 0 Å². The average molecular weight is 191 g/mol. The molecule has 0 fully saturated rings. The van der Waals surface area contributed by atoms with Gasteiger partial charge in [0.15, 0.2) is 0 Å². The highest BCUT2D eigenvalue weighted by atomic mass is 14.2. The smallest absolute Gasteiger partial charge is 0.0587 e. The van der Waals surface area contributed by atoms with E-state index < -0.39 is 0 Å². The lowest BCUT2D eigenvalue weighted by molar-refractivity contribution is 0.867. The first-order valence-corrected chi connectivity index (χ1v) is 5.08. The molecule has 1 aromatic carbocycles. The Morgan fingerprint density at radius 1 is 1.07 bits per heavy atom. The minimum absolute atomic E-state index is 0.659. The number of rotatable bonds is 1. The fraction of sp³-hybridized carbons (Fsp3) is 0.462. The van der Waals surface area contributed by atoms with Crippen LogP contribution in [0.5, 0.6) is 0 Å². The molecule has 0 bridgehead atoms. The highest BCUT2D eigenvalue weighted by Crippen LogP contribution is 2.11. The standard InChI is InChI=1S/C9H12.C2H3N.C2H6/c1-8(2)9-6-4-3-5-7-9;1-2-3;1-2/h3-8H,1-2H3;1H3;1-2H3. The monoisotopic (exact) mass is 191 g/mol. The summed E-state index contributed by atoms with van der Waals surface area (Å²) in [4.78, 5) is 0. The molecule has 0 spiro atoms. The fourth-order valence-corrected chi connectivity index (χ4v) is 0.838. The first-order chi connectivity index (χ1) is 6.72. The van der Waals surface area contributed by atoms with Gasteiger partial charge in [-0.25, -0.2) is 0 Å². The van der Waals surface area contributed by atoms with Crippen LogP contribution in [-0.4, -0.2) is 0 Å². The van der Waals surface area contributed by atoms with Crippen molar-refractivity contribution in [2.24, 2.45) is 0 Å². The summed E-state index contributed by atoms with van der Waals surface area (Å²) >= 11 is 0. The van der Waals surface area contributed by atoms with Crippen LogP contribution in [0.3, 0.4) is 0 Å². The van der Waals surface area contributed by atoms with Crippen LogP contribution in [0.2, 0.25) is 0 Å². The number of nitriles is 1. The summed E-state index contributed by atoms with van der Waals surface area (Å²) in [7, 11) is 0. The SMILES string of the molecule is CC.CC#N.CC(C)c1ccccc1. The zero-order valence-corrected chi connectivity index (χ0v) is 9.91. The van der Waals surface area contributed by atoms with E-state index in [1.165, 1.54) is 12.5 Å². The summed E-state index contributed by atoms with van der Waals surface area (Å²) in [5, 5.41) is 7.32. The maximum Gasteiger partial charge on any atom is 0.0587 e. The third kappa shape index (κ3) is 8.80. The lowest BCUT2D eigenvalue weighted by Gasteiger charge is -2.01. The maximum absolute atomic E-state index is 7.32. The van der Waals surface area contributed by atoms with Crippen molar-refractivity contribution in [2.75, 3.05) is 0 Å². The molecular formula is C13H21N. The van der Waals surface area contributed by atoms with Crippen LogP contribution in [0, 0.1) is 11.3 Å². The minimum Gasteiger partial charge on any atom is -0.199 e. The first-order valence-electron chi connectivity index (χ1n) is 5.08. The van der Waals surface area contributed by atoms with Crippen molar-refractivity contribution in [3.63, 3.8) is 0 Å². The molecule has 0 amide bonds. The van der Waals surface area contributed by atoms with Crippen LogP contribution >= 0.6 is 0 Å². The first kappa shape index (κ1) is 15.2. The van der Waals surface area contributed by atoms with Gasteiger partial charge in [0, 0.05) is 6.92 Å². The second-order valence-electron chi connectivity index (χ2n) is 2.79. The Morgan fingerprint density at radius 3 is 1.64 bits per heavy atom. The molecule has 1 aromatic rings. The Labute approximate surface area is 88.4 Å². The predicted octanol–water partition coefficient (Wildman–Crippen LogP) is 4.37. The zero-order valence-electron chi connectivity index (χ0n) is 9.91. The molecule has 1 nitrogen and oxygen atoms in total. The second kappa shape index (κ2) is 11.7. The summed E-state index contributed by atoms with van der Waals surface area (Å²) in [5.74, 6) is 0.659. The van der Waals surface area contributed by atoms with Crippen molar-refractivity contribution in [1.82, 2.24) is 0 Å². The van der Waals surface area contributed by atoms with E-state index in [1.807, 2.05) is 19.9 Å². The lowest BCUT2D eigenvalue weighted by Crippen LogP contribution is -1.83. The van der Waals surface area contributed by atoms with Gasteiger partial charge in [0.2, 0.25) is 0 Å². The Hall–Kier alpha value is -1.29. The van der Waals surface area contributed by atoms with E-state index in [0.717, 1.165) is 0 Å². The summed E-state index contributed by atoms with van der Waals surface area (Å²) < 4.78 is 0. The molecule has 0 aliphatic heterocycles. The van der Waals surface area contributed by atoms with Gasteiger partial charge in [-0.05, 0) is 11.5 Å². The molecular weight excluding hydrogens is 170 g/mol. The largest absolute Gasteiger partial charge is 0.199 e. The van der Waals surface area contributed by atoms with Gasteiger partial charge in [-0.1, -0.05) is 58.0 Å². The van der Waals surface area contributed by atoms with Crippen LogP contribution in [0.15, 0.2) is 30.3 Å². The molecule has 0 aliphatic carbocycles. The molecule has 0 unspecified atom stereocenters. The van der Waals surface area contributed by atoms with Gasteiger partial charge in [0.25, 0.3) is 0 Å². The topological polar surface area (TPSA) is 23.8 Å². The lowest BCUT2D eigenvalue weighted by atomic mass is 10.0. The molecule has 0 radical (unpaired) electrons. The van der Waals surface area contributed by atoms with E-state index in [2.05, 4.69) is 38.1 Å². The van der Waals surface area contributed by atoms with Crippen molar-refractivity contribution >= 4 is 0 Å². The number of hydrogen-bond donors (Lipinski definition) is 0. The fourth-order valence-electron chi connectivity index (χ4n) is 0.838. The molecule has 1 heteroatoms. The van der Waals surface area contributed by atoms with Gasteiger partial charge in [0.05, 0.1) is 6.07 Å². The van der Waals surface area contributed by atoms with Crippen molar-refractivity contribution in [1.29, 1.82) is 5.26 Å². The third-order valence-electron chi connectivity index (χ3n) is 1.47. The number of benzene rings is 1. The van der Waals surface area contributed by atoms with E-state index in [0.29, 0.717) is 5.92 Å². The van der Waals surface area contributed by atoms with E-state index in [9.17, 15) is 0 Å². The second-order valence-corrected chi connectivity index (χ2v) is 2.79. The Balaban J connectivity index is 0. The number of hydrogen-bond acceptors (Lipinski definition) is 1. The number of nitrogens with zero attached hydrogens (tertiary/aromatic N) is 1. The molecule has 14 heavy (non-hydrogen) atoms. The molecule has 0 saturated carbocycles. The molecule has 0 saturated heterocycles. The van der Waals surface area contributed by atoms with Crippen molar-refractivity contribution in [3.05, 3.63) is 35.9 Å². The molecule has 78 valence electrons. The van der Waals surface area contributed by atoms with Gasteiger partial charge in [-0.2, -0.15) is 5.26 Å². The van der Waals surface area contributed by atoms with E-state index >= 15 is 0 Å². The highest BCUT2D eigenvalue weighted by molar-refractivity contribution is 5.17. The summed E-state index contributed by atoms with van der Waals surface area (Å²) in [5.41, 5.74) is 1.41. The van der Waals surface area contributed by atoms with E-state index in [1.54, 1.807) is 6.07 Å². The van der Waals surface area contributed by atoms with Crippen molar-refractivity contribution < 1.29 is 0 Å². The van der Waals surface area contributed by atoms with Gasteiger partial charge in [0.1, 0.15) is 0 Å². The molecule has 0 atom stereocenters. The molecule has 0 aromatic heterocycles. The normalized spacial score (nSPS) is 7.50. The average Bonchev–Trinajstić information content (AvgIpc) is 2.23. The highest BCUT2D eigenvalue weighted by Gasteiger charge is 1.93. The molecule has 0 N–H and O–H groups in total. The Morgan fingerprint density at radius 2 is 1.43 bits per heavy atom. The van der Waals surface area contributed by atoms with Crippen LogP contribution in [0.4, 0.5) is 0 Å². The zero-order chi connectivity index (χ0) is 11.4. The van der Waals surface area contributed by atoms with E-state index in [-0.39, 0.29) is 0 Å². The predicted molar refractivity (Wildman–Crippen MR) is 63.2 cm³/mol. The van der Waals surface area contributed by atoms with Crippen molar-refractivity contribution in [2.45, 2.75) is 40.5 Å². The molecule has 1 rings (SSSR count). The van der Waals surface area contributed by atoms with Gasteiger partial charge >= 0.3 is 0 Å². The molecule has 0 heterocycles. The Bertz CT molecular complexity index is 231. The summed E-state index contributed by atoms with van der Waals surface area (Å²) in [6, 6.07) is 12.3. The summed E-state index contributed by atoms with van der Waals surface area (Å²) in [6.07, 6.45) is 0. The van der Waals surface area contributed by atoms with Gasteiger partial charge in [-0.15, -0.1) is 0 Å². The van der Waals surface area contributed by atoms with Gasteiger partial charge < -0.3 is 0 Å². The maximum atomic E-state index is 7.32. The third-order valence-corrected chi connectivity index (χ3v) is 1.47.